The molecule has 0 atom stereocenters. The summed E-state index contributed by atoms with van der Waals surface area (Å²) in [5.74, 6) is 0.227. The monoisotopic (exact) mass is 424 g/mol. The van der Waals surface area contributed by atoms with Gasteiger partial charge in [-0.3, -0.25) is 9.59 Å². The molecule has 0 aliphatic heterocycles. The molecule has 0 aliphatic rings. The molecule has 2 amide bonds. The van der Waals surface area contributed by atoms with Gasteiger partial charge in [-0.15, -0.1) is 0 Å². The number of halogens is 1. The first-order chi connectivity index (χ1) is 14.5. The van der Waals surface area contributed by atoms with Crippen LogP contribution in [0, 0.1) is 0 Å². The van der Waals surface area contributed by atoms with Crippen LogP contribution in [-0.4, -0.2) is 39.6 Å². The van der Waals surface area contributed by atoms with Gasteiger partial charge in [0.1, 0.15) is 5.82 Å². The molecule has 30 heavy (non-hydrogen) atoms. The van der Waals surface area contributed by atoms with Gasteiger partial charge in [0.05, 0.1) is 17.9 Å². The zero-order valence-corrected chi connectivity index (χ0v) is 17.9. The summed E-state index contributed by atoms with van der Waals surface area (Å²) in [5.41, 5.74) is 2.44. The lowest BCUT2D eigenvalue weighted by atomic mass is 10.1. The quantitative estimate of drug-likeness (QED) is 0.565. The van der Waals surface area contributed by atoms with E-state index in [1.165, 1.54) is 0 Å². The molecule has 2 aromatic carbocycles. The van der Waals surface area contributed by atoms with E-state index in [1.54, 1.807) is 28.6 Å². The zero-order valence-electron chi connectivity index (χ0n) is 17.1. The van der Waals surface area contributed by atoms with Crippen LogP contribution in [0.2, 0.25) is 5.02 Å². The van der Waals surface area contributed by atoms with E-state index in [9.17, 15) is 9.59 Å². The SMILES string of the molecule is CCCN(CC(=O)Nc1cc(-c2ccccc2)nn1-c1ccc(Cl)cc1)C(=O)CC. The zero-order chi connectivity index (χ0) is 21.5. The summed E-state index contributed by atoms with van der Waals surface area (Å²) in [6.07, 6.45) is 1.16. The minimum atomic E-state index is -0.264. The molecule has 6 nitrogen and oxygen atoms in total. The summed E-state index contributed by atoms with van der Waals surface area (Å²) in [7, 11) is 0. The third kappa shape index (κ3) is 5.27. The number of hydrogen-bond donors (Lipinski definition) is 1. The van der Waals surface area contributed by atoms with Crippen molar-refractivity contribution in [3.63, 3.8) is 0 Å². The van der Waals surface area contributed by atoms with Gasteiger partial charge in [-0.1, -0.05) is 55.8 Å². The van der Waals surface area contributed by atoms with Gasteiger partial charge in [-0.05, 0) is 30.7 Å². The number of amides is 2. The van der Waals surface area contributed by atoms with Crippen LogP contribution in [0.3, 0.4) is 0 Å². The predicted molar refractivity (Wildman–Crippen MR) is 120 cm³/mol. The van der Waals surface area contributed by atoms with E-state index in [0.29, 0.717) is 23.8 Å². The first kappa shape index (κ1) is 21.6. The van der Waals surface area contributed by atoms with Crippen molar-refractivity contribution in [1.29, 1.82) is 0 Å². The fourth-order valence-electron chi connectivity index (χ4n) is 3.14. The Morgan fingerprint density at radius 1 is 1.07 bits per heavy atom. The normalized spacial score (nSPS) is 10.6. The highest BCUT2D eigenvalue weighted by Crippen LogP contribution is 2.25. The van der Waals surface area contributed by atoms with Gasteiger partial charge in [0.25, 0.3) is 0 Å². The number of carbonyl (C=O) groups excluding carboxylic acids is 2. The van der Waals surface area contributed by atoms with Gasteiger partial charge in [-0.2, -0.15) is 5.10 Å². The van der Waals surface area contributed by atoms with Gasteiger partial charge in [0.2, 0.25) is 11.8 Å². The second-order valence-electron chi connectivity index (χ2n) is 6.89. The van der Waals surface area contributed by atoms with Crippen molar-refractivity contribution in [2.75, 3.05) is 18.4 Å². The van der Waals surface area contributed by atoms with E-state index in [2.05, 4.69) is 10.4 Å². The molecule has 156 valence electrons. The highest BCUT2D eigenvalue weighted by molar-refractivity contribution is 6.30. The van der Waals surface area contributed by atoms with E-state index in [4.69, 9.17) is 11.6 Å². The molecule has 0 bridgehead atoms. The Labute approximate surface area is 181 Å². The summed E-state index contributed by atoms with van der Waals surface area (Å²) >= 11 is 6.02. The summed E-state index contributed by atoms with van der Waals surface area (Å²) in [5, 5.41) is 8.21. The molecule has 0 unspecified atom stereocenters. The molecule has 0 fully saturated rings. The summed E-state index contributed by atoms with van der Waals surface area (Å²) in [4.78, 5) is 26.4. The third-order valence-corrected chi connectivity index (χ3v) is 4.85. The van der Waals surface area contributed by atoms with Gasteiger partial charge < -0.3 is 10.2 Å². The molecule has 3 aromatic rings. The molecule has 0 saturated carbocycles. The lowest BCUT2D eigenvalue weighted by molar-refractivity contribution is -0.134. The van der Waals surface area contributed by atoms with Gasteiger partial charge in [0, 0.05) is 29.6 Å². The number of anilines is 1. The van der Waals surface area contributed by atoms with E-state index in [1.807, 2.05) is 55.5 Å². The molecule has 3 rings (SSSR count). The van der Waals surface area contributed by atoms with Crippen molar-refractivity contribution in [2.24, 2.45) is 0 Å². The van der Waals surface area contributed by atoms with Crippen molar-refractivity contribution in [2.45, 2.75) is 26.7 Å². The molecule has 1 aromatic heterocycles. The molecule has 0 spiro atoms. The summed E-state index contributed by atoms with van der Waals surface area (Å²) < 4.78 is 1.67. The maximum absolute atomic E-state index is 12.7. The first-order valence-electron chi connectivity index (χ1n) is 10.0. The molecule has 1 heterocycles. The minimum absolute atomic E-state index is 0.00693. The van der Waals surface area contributed by atoms with Gasteiger partial charge >= 0.3 is 0 Å². The van der Waals surface area contributed by atoms with E-state index in [0.717, 1.165) is 23.4 Å². The standard InChI is InChI=1S/C23H25ClN4O2/c1-3-14-27(23(30)4-2)16-22(29)25-21-15-20(17-8-6-5-7-9-17)26-28(21)19-12-10-18(24)11-13-19/h5-13,15H,3-4,14,16H2,1-2H3,(H,25,29). The lowest BCUT2D eigenvalue weighted by Gasteiger charge is -2.21. The van der Waals surface area contributed by atoms with E-state index < -0.39 is 0 Å². The number of nitrogens with one attached hydrogen (secondary N) is 1. The van der Waals surface area contributed by atoms with Crippen LogP contribution in [0.15, 0.2) is 60.7 Å². The van der Waals surface area contributed by atoms with Crippen molar-refractivity contribution in [1.82, 2.24) is 14.7 Å². The highest BCUT2D eigenvalue weighted by atomic mass is 35.5. The van der Waals surface area contributed by atoms with E-state index in [-0.39, 0.29) is 18.4 Å². The molecular formula is C23H25ClN4O2. The second kappa shape index (κ2) is 10.1. The number of rotatable bonds is 8. The Morgan fingerprint density at radius 2 is 1.77 bits per heavy atom. The van der Waals surface area contributed by atoms with Gasteiger partial charge in [0.15, 0.2) is 0 Å². The third-order valence-electron chi connectivity index (χ3n) is 4.60. The Kier molecular flexibility index (Phi) is 7.25. The van der Waals surface area contributed by atoms with Crippen LogP contribution in [0.5, 0.6) is 0 Å². The molecule has 0 aliphatic carbocycles. The summed E-state index contributed by atoms with van der Waals surface area (Å²) in [6.45, 7) is 4.33. The Hall–Kier alpha value is -3.12. The molecule has 7 heteroatoms. The minimum Gasteiger partial charge on any atom is -0.333 e. The molecule has 0 radical (unpaired) electrons. The number of nitrogens with zero attached hydrogens (tertiary/aromatic N) is 3. The molecule has 0 saturated heterocycles. The maximum Gasteiger partial charge on any atom is 0.245 e. The predicted octanol–water partition coefficient (Wildman–Crippen LogP) is 4.78. The maximum atomic E-state index is 12.7. The fraction of sp³-hybridized carbons (Fsp3) is 0.261. The van der Waals surface area contributed by atoms with Crippen LogP contribution in [0.1, 0.15) is 26.7 Å². The van der Waals surface area contributed by atoms with Crippen LogP contribution in [0.25, 0.3) is 16.9 Å². The number of aromatic nitrogens is 2. The van der Waals surface area contributed by atoms with Gasteiger partial charge in [-0.25, -0.2) is 4.68 Å². The van der Waals surface area contributed by atoms with Crippen molar-refractivity contribution in [3.8, 4) is 16.9 Å². The van der Waals surface area contributed by atoms with Crippen LogP contribution < -0.4 is 5.32 Å². The van der Waals surface area contributed by atoms with Crippen molar-refractivity contribution >= 4 is 29.2 Å². The molecular weight excluding hydrogens is 400 g/mol. The average Bonchev–Trinajstić information content (AvgIpc) is 3.17. The fourth-order valence-corrected chi connectivity index (χ4v) is 3.27. The van der Waals surface area contributed by atoms with Crippen molar-refractivity contribution < 1.29 is 9.59 Å². The largest absolute Gasteiger partial charge is 0.333 e. The highest BCUT2D eigenvalue weighted by Gasteiger charge is 2.18. The smallest absolute Gasteiger partial charge is 0.245 e. The number of benzene rings is 2. The van der Waals surface area contributed by atoms with Crippen molar-refractivity contribution in [3.05, 3.63) is 65.7 Å². The Bertz CT molecular complexity index is 1000. The second-order valence-corrected chi connectivity index (χ2v) is 7.32. The first-order valence-corrected chi connectivity index (χ1v) is 10.4. The number of hydrogen-bond acceptors (Lipinski definition) is 3. The number of carbonyl (C=O) groups is 2. The summed E-state index contributed by atoms with van der Waals surface area (Å²) in [6, 6.07) is 18.8. The van der Waals surface area contributed by atoms with E-state index >= 15 is 0 Å². The average molecular weight is 425 g/mol. The van der Waals surface area contributed by atoms with Crippen LogP contribution >= 0.6 is 11.6 Å². The van der Waals surface area contributed by atoms with Crippen LogP contribution in [-0.2, 0) is 9.59 Å². The Balaban J connectivity index is 1.90. The lowest BCUT2D eigenvalue weighted by Crippen LogP contribution is -2.38. The Morgan fingerprint density at radius 3 is 2.40 bits per heavy atom. The topological polar surface area (TPSA) is 67.2 Å². The van der Waals surface area contributed by atoms with Crippen LogP contribution in [0.4, 0.5) is 5.82 Å². The molecule has 1 N–H and O–H groups in total.